The van der Waals surface area contributed by atoms with Gasteiger partial charge >= 0.3 is 5.51 Å². The Morgan fingerprint density at radius 2 is 1.63 bits per heavy atom. The average Bonchev–Trinajstić information content (AvgIpc) is 2.74. The molecule has 0 aromatic heterocycles. The number of nitro benzene ring substituents is 1. The van der Waals surface area contributed by atoms with Crippen molar-refractivity contribution in [1.82, 2.24) is 0 Å². The van der Waals surface area contributed by atoms with E-state index < -0.39 is 30.9 Å². The van der Waals surface area contributed by atoms with Crippen LogP contribution in [0.25, 0.3) is 0 Å². The first kappa shape index (κ1) is 28.4. The van der Waals surface area contributed by atoms with Crippen LogP contribution in [-0.2, 0) is 9.84 Å². The van der Waals surface area contributed by atoms with Crippen molar-refractivity contribution in [3.05, 3.63) is 81.4 Å². The number of hydrogen-bond acceptors (Lipinski definition) is 7. The van der Waals surface area contributed by atoms with Crippen molar-refractivity contribution in [2.75, 3.05) is 5.32 Å². The molecule has 0 atom stereocenters. The molecule has 0 radical (unpaired) electrons. The van der Waals surface area contributed by atoms with Gasteiger partial charge in [0.15, 0.2) is 5.78 Å². The van der Waals surface area contributed by atoms with Crippen molar-refractivity contribution >= 4 is 68.5 Å². The summed E-state index contributed by atoms with van der Waals surface area (Å²) in [6.07, 6.45) is 0. The van der Waals surface area contributed by atoms with Crippen molar-refractivity contribution in [3.63, 3.8) is 0 Å². The zero-order chi connectivity index (χ0) is 25.3. The number of alkyl halides is 3. The second-order valence-corrected chi connectivity index (χ2v) is 10.3. The number of nitrogens with zero attached hydrogens (tertiary/aromatic N) is 1. The number of carbonyl (C=O) groups excluding carboxylic acids is 1. The summed E-state index contributed by atoms with van der Waals surface area (Å²) in [4.78, 5) is 20.8. The van der Waals surface area contributed by atoms with Gasteiger partial charge in [-0.15, -0.1) is 12.4 Å². The Hall–Kier alpha value is -2.80. The molecule has 186 valence electrons. The van der Waals surface area contributed by atoms with Gasteiger partial charge in [-0.1, -0.05) is 23.4 Å². The maximum atomic E-state index is 13.3. The van der Waals surface area contributed by atoms with Crippen LogP contribution in [-0.4, -0.2) is 24.6 Å². The molecule has 0 aliphatic rings. The summed E-state index contributed by atoms with van der Waals surface area (Å²) in [6.45, 7) is 1.35. The van der Waals surface area contributed by atoms with Gasteiger partial charge in [0.25, 0.3) is 15.5 Å². The van der Waals surface area contributed by atoms with E-state index in [1.807, 2.05) is 0 Å². The lowest BCUT2D eigenvalue weighted by atomic mass is 10.1. The van der Waals surface area contributed by atoms with Crippen LogP contribution in [0.2, 0.25) is 5.02 Å². The minimum absolute atomic E-state index is 0. The van der Waals surface area contributed by atoms with E-state index in [-0.39, 0.29) is 28.8 Å². The van der Waals surface area contributed by atoms with Crippen molar-refractivity contribution in [3.8, 4) is 0 Å². The fourth-order valence-corrected chi connectivity index (χ4v) is 5.07. The number of Topliss-reactive ketones (excluding diaryl/α,β-unsaturated/α-hetero) is 1. The van der Waals surface area contributed by atoms with Gasteiger partial charge in [-0.2, -0.15) is 13.2 Å². The van der Waals surface area contributed by atoms with Crippen molar-refractivity contribution in [2.24, 2.45) is 0 Å². The number of sulfone groups is 1. The molecule has 0 unspecified atom stereocenters. The molecule has 1 N–H and O–H groups in total. The number of benzene rings is 3. The first-order valence-electron chi connectivity index (χ1n) is 9.25. The van der Waals surface area contributed by atoms with Gasteiger partial charge in [0, 0.05) is 32.1 Å². The van der Waals surface area contributed by atoms with Gasteiger partial charge in [-0.05, 0) is 61.5 Å². The number of anilines is 2. The van der Waals surface area contributed by atoms with E-state index in [2.05, 4.69) is 5.32 Å². The van der Waals surface area contributed by atoms with Gasteiger partial charge in [-0.3, -0.25) is 14.9 Å². The maximum Gasteiger partial charge on any atom is 0.501 e. The van der Waals surface area contributed by atoms with E-state index in [9.17, 15) is 36.5 Å². The molecule has 14 heteroatoms. The lowest BCUT2D eigenvalue weighted by molar-refractivity contribution is -0.384. The first-order valence-corrected chi connectivity index (χ1v) is 11.9. The molecular formula is C21H15Cl2F3N2O5S2. The van der Waals surface area contributed by atoms with Crippen LogP contribution in [0, 0.1) is 10.1 Å². The molecule has 0 bridgehead atoms. The predicted octanol–water partition coefficient (Wildman–Crippen LogP) is 7.06. The average molecular weight is 567 g/mol. The Balaban J connectivity index is 0.00000432. The Labute approximate surface area is 213 Å². The van der Waals surface area contributed by atoms with Crippen molar-refractivity contribution in [2.45, 2.75) is 27.1 Å². The molecule has 0 heterocycles. The molecule has 3 rings (SSSR count). The van der Waals surface area contributed by atoms with Crippen LogP contribution < -0.4 is 5.32 Å². The summed E-state index contributed by atoms with van der Waals surface area (Å²) < 4.78 is 64.5. The summed E-state index contributed by atoms with van der Waals surface area (Å²) in [6, 6.07) is 13.0. The van der Waals surface area contributed by atoms with Crippen LogP contribution in [0.5, 0.6) is 0 Å². The molecule has 35 heavy (non-hydrogen) atoms. The smallest absolute Gasteiger partial charge is 0.350 e. The molecule has 0 saturated carbocycles. The molecule has 0 amide bonds. The highest BCUT2D eigenvalue weighted by Crippen LogP contribution is 2.44. The molecule has 7 nitrogen and oxygen atoms in total. The highest BCUT2D eigenvalue weighted by molar-refractivity contribution is 8.00. The quantitative estimate of drug-likeness (QED) is 0.185. The van der Waals surface area contributed by atoms with Gasteiger partial charge in [-0.25, -0.2) is 8.42 Å². The molecule has 3 aromatic rings. The fraction of sp³-hybridized carbons (Fsp3) is 0.0952. The van der Waals surface area contributed by atoms with E-state index in [0.717, 1.165) is 6.07 Å². The van der Waals surface area contributed by atoms with Gasteiger partial charge in [0.1, 0.15) is 5.69 Å². The minimum Gasteiger partial charge on any atom is -0.350 e. The normalized spacial score (nSPS) is 11.5. The minimum atomic E-state index is -5.91. The highest BCUT2D eigenvalue weighted by Gasteiger charge is 2.49. The van der Waals surface area contributed by atoms with Crippen LogP contribution in [0.3, 0.4) is 0 Å². The summed E-state index contributed by atoms with van der Waals surface area (Å²) in [5.41, 5.74) is -6.11. The third kappa shape index (κ3) is 6.45. The zero-order valence-corrected chi connectivity index (χ0v) is 20.7. The second kappa shape index (κ2) is 10.9. The largest absolute Gasteiger partial charge is 0.501 e. The summed E-state index contributed by atoms with van der Waals surface area (Å²) in [5.74, 6) is -0.208. The molecule has 3 aromatic carbocycles. The molecule has 0 aliphatic heterocycles. The van der Waals surface area contributed by atoms with Gasteiger partial charge in [0.05, 0.1) is 9.82 Å². The third-order valence-corrected chi connectivity index (χ3v) is 7.44. The summed E-state index contributed by atoms with van der Waals surface area (Å²) in [7, 11) is -5.91. The monoisotopic (exact) mass is 566 g/mol. The summed E-state index contributed by atoms with van der Waals surface area (Å²) in [5, 5.41) is 14.7. The Morgan fingerprint density at radius 1 is 1.06 bits per heavy atom. The van der Waals surface area contributed by atoms with Crippen LogP contribution in [0.4, 0.5) is 30.2 Å². The number of nitro groups is 1. The number of carbonyl (C=O) groups is 1. The molecule has 0 aliphatic carbocycles. The topological polar surface area (TPSA) is 106 Å². The lowest BCUT2D eigenvalue weighted by Crippen LogP contribution is -2.24. The molecule has 0 fully saturated rings. The maximum absolute atomic E-state index is 13.3. The SMILES string of the molecule is CC(=O)c1ccc(Nc2cc(Sc3ccc(Cl)cc3)c(S(=O)(=O)C(F)(F)F)cc2[N+](=O)[O-])cc1.Cl. The first-order chi connectivity index (χ1) is 15.8. The van der Waals surface area contributed by atoms with E-state index in [1.54, 1.807) is 0 Å². The number of halogens is 5. The number of ketones is 1. The zero-order valence-electron chi connectivity index (χ0n) is 17.5. The van der Waals surface area contributed by atoms with E-state index >= 15 is 0 Å². The van der Waals surface area contributed by atoms with Crippen LogP contribution >= 0.6 is 35.8 Å². The molecule has 0 spiro atoms. The van der Waals surface area contributed by atoms with Gasteiger partial charge in [0.2, 0.25) is 0 Å². The van der Waals surface area contributed by atoms with Crippen LogP contribution in [0.15, 0.2) is 75.4 Å². The number of rotatable bonds is 7. The summed E-state index contributed by atoms with van der Waals surface area (Å²) >= 11 is 6.49. The third-order valence-electron chi connectivity index (χ3n) is 4.46. The number of hydrogen-bond donors (Lipinski definition) is 1. The van der Waals surface area contributed by atoms with Crippen molar-refractivity contribution in [1.29, 1.82) is 0 Å². The highest BCUT2D eigenvalue weighted by atomic mass is 35.5. The predicted molar refractivity (Wildman–Crippen MR) is 129 cm³/mol. The molecule has 0 saturated heterocycles. The second-order valence-electron chi connectivity index (χ2n) is 6.84. The Morgan fingerprint density at radius 3 is 2.11 bits per heavy atom. The Kier molecular flexibility index (Phi) is 8.82. The standard InChI is InChI=1S/C21H14ClF3N2O5S2.ClH/c1-12(28)13-2-6-15(7-3-13)26-17-10-19(33-16-8-4-14(22)5-9-16)20(11-18(17)27(29)30)34(31,32)21(23,24)25;/h2-11,26H,1H3;1H. The van der Waals surface area contributed by atoms with E-state index in [1.165, 1.54) is 55.5 Å². The van der Waals surface area contributed by atoms with Gasteiger partial charge < -0.3 is 5.32 Å². The lowest BCUT2D eigenvalue weighted by Gasteiger charge is -2.15. The van der Waals surface area contributed by atoms with Crippen molar-refractivity contribution < 1.29 is 31.3 Å². The number of nitrogens with one attached hydrogen (secondary N) is 1. The Bertz CT molecular complexity index is 1370. The van der Waals surface area contributed by atoms with Crippen LogP contribution in [0.1, 0.15) is 17.3 Å². The fourth-order valence-electron chi connectivity index (χ4n) is 2.79. The molecular weight excluding hydrogens is 552 g/mol. The van der Waals surface area contributed by atoms with E-state index in [0.29, 0.717) is 39.0 Å². The van der Waals surface area contributed by atoms with E-state index in [4.69, 9.17) is 11.6 Å².